The molecule has 160 valence electrons. The van der Waals surface area contributed by atoms with E-state index in [4.69, 9.17) is 4.74 Å². The number of halogens is 3. The first kappa shape index (κ1) is 20.3. The summed E-state index contributed by atoms with van der Waals surface area (Å²) in [7, 11) is 1.89. The molecule has 0 spiro atoms. The Morgan fingerprint density at radius 3 is 2.71 bits per heavy atom. The molecule has 1 aromatic carbocycles. The van der Waals surface area contributed by atoms with Crippen molar-refractivity contribution < 1.29 is 13.5 Å². The molecule has 5 rings (SSSR count). The lowest BCUT2D eigenvalue weighted by Crippen LogP contribution is -2.35. The van der Waals surface area contributed by atoms with Crippen molar-refractivity contribution >= 4 is 28.1 Å². The van der Waals surface area contributed by atoms with Gasteiger partial charge >= 0.3 is 9.62 Å². The number of ether oxygens (including phenoxy) is 1. The molecule has 0 saturated carbocycles. The SMILES string of the molecule is Cn1cnnc1C(c1cccc(-n2cc3c(C(F)(F)I)cccn3c2=O)c1)C1COC1. The third-order valence-electron chi connectivity index (χ3n) is 5.67. The van der Waals surface area contributed by atoms with Gasteiger partial charge in [0.05, 0.1) is 35.9 Å². The number of rotatable bonds is 5. The molecule has 1 aliphatic rings. The highest BCUT2D eigenvalue weighted by Crippen LogP contribution is 2.38. The largest absolute Gasteiger partial charge is 0.381 e. The monoisotopic (exact) mass is 537 g/mol. The van der Waals surface area contributed by atoms with Crippen molar-refractivity contribution in [1.82, 2.24) is 23.7 Å². The maximum atomic E-state index is 14.1. The molecular formula is C21H18F2IN5O2. The lowest BCUT2D eigenvalue weighted by Gasteiger charge is -2.33. The van der Waals surface area contributed by atoms with Gasteiger partial charge in [0.25, 0.3) is 0 Å². The third kappa shape index (κ3) is 3.47. The summed E-state index contributed by atoms with van der Waals surface area (Å²) in [4.78, 5) is 13.0. The van der Waals surface area contributed by atoms with E-state index in [1.807, 2.05) is 29.8 Å². The van der Waals surface area contributed by atoms with Gasteiger partial charge in [0.1, 0.15) is 12.2 Å². The number of aryl methyl sites for hydroxylation is 1. The van der Waals surface area contributed by atoms with Gasteiger partial charge in [0.2, 0.25) is 0 Å². The van der Waals surface area contributed by atoms with E-state index in [2.05, 4.69) is 10.2 Å². The second-order valence-electron chi connectivity index (χ2n) is 7.63. The van der Waals surface area contributed by atoms with Crippen LogP contribution >= 0.6 is 22.6 Å². The highest BCUT2D eigenvalue weighted by atomic mass is 127. The summed E-state index contributed by atoms with van der Waals surface area (Å²) >= 11 is 1.08. The second kappa shape index (κ2) is 7.52. The highest BCUT2D eigenvalue weighted by Gasteiger charge is 2.34. The Morgan fingerprint density at radius 2 is 2.06 bits per heavy atom. The van der Waals surface area contributed by atoms with Gasteiger partial charge in [-0.05, 0) is 29.8 Å². The molecule has 4 aromatic rings. The first-order chi connectivity index (χ1) is 14.8. The summed E-state index contributed by atoms with van der Waals surface area (Å²) in [5.41, 5.74) is 1.13. The van der Waals surface area contributed by atoms with Gasteiger partial charge in [-0.3, -0.25) is 8.97 Å². The van der Waals surface area contributed by atoms with Gasteiger partial charge in [-0.1, -0.05) is 12.1 Å². The van der Waals surface area contributed by atoms with E-state index in [1.54, 1.807) is 12.4 Å². The van der Waals surface area contributed by atoms with Crippen LogP contribution in [0.1, 0.15) is 22.9 Å². The molecule has 1 saturated heterocycles. The first-order valence-corrected chi connectivity index (χ1v) is 10.7. The fourth-order valence-electron chi connectivity index (χ4n) is 4.06. The van der Waals surface area contributed by atoms with E-state index in [-0.39, 0.29) is 22.9 Å². The van der Waals surface area contributed by atoms with Crippen LogP contribution in [0.25, 0.3) is 11.2 Å². The summed E-state index contributed by atoms with van der Waals surface area (Å²) in [6, 6.07) is 10.3. The number of pyridine rings is 1. The van der Waals surface area contributed by atoms with Crippen molar-refractivity contribution in [3.8, 4) is 5.69 Å². The fourth-order valence-corrected chi connectivity index (χ4v) is 4.51. The zero-order valence-electron chi connectivity index (χ0n) is 16.5. The lowest BCUT2D eigenvalue weighted by atomic mass is 9.84. The Balaban J connectivity index is 1.64. The van der Waals surface area contributed by atoms with Gasteiger partial charge in [-0.25, -0.2) is 4.79 Å². The summed E-state index contributed by atoms with van der Waals surface area (Å²) in [6.45, 7) is 1.23. The summed E-state index contributed by atoms with van der Waals surface area (Å²) in [6.07, 6.45) is 4.62. The maximum absolute atomic E-state index is 14.1. The number of nitrogens with zero attached hydrogens (tertiary/aromatic N) is 5. The van der Waals surface area contributed by atoms with Crippen molar-refractivity contribution in [3.05, 3.63) is 82.6 Å². The fraction of sp³-hybridized carbons (Fsp3) is 0.286. The van der Waals surface area contributed by atoms with Crippen LogP contribution in [0.4, 0.5) is 8.78 Å². The molecular weight excluding hydrogens is 519 g/mol. The molecule has 31 heavy (non-hydrogen) atoms. The number of benzene rings is 1. The molecule has 1 aliphatic heterocycles. The number of aromatic nitrogens is 5. The van der Waals surface area contributed by atoms with Gasteiger partial charge in [-0.2, -0.15) is 8.78 Å². The Morgan fingerprint density at radius 1 is 1.26 bits per heavy atom. The molecule has 1 unspecified atom stereocenters. The van der Waals surface area contributed by atoms with Crippen LogP contribution < -0.4 is 5.69 Å². The van der Waals surface area contributed by atoms with Crippen LogP contribution in [0.3, 0.4) is 0 Å². The summed E-state index contributed by atoms with van der Waals surface area (Å²) in [5.74, 6) is 1.00. The van der Waals surface area contributed by atoms with Gasteiger partial charge in [0, 0.05) is 48.0 Å². The predicted octanol–water partition coefficient (Wildman–Crippen LogP) is 3.48. The van der Waals surface area contributed by atoms with Crippen LogP contribution in [0.5, 0.6) is 0 Å². The van der Waals surface area contributed by atoms with E-state index < -0.39 is 9.62 Å². The van der Waals surface area contributed by atoms with Crippen LogP contribution in [-0.2, 0) is 15.7 Å². The lowest BCUT2D eigenvalue weighted by molar-refractivity contribution is -0.0407. The molecule has 1 atom stereocenters. The Labute approximate surface area is 189 Å². The quantitative estimate of drug-likeness (QED) is 0.289. The number of hydrogen-bond acceptors (Lipinski definition) is 4. The minimum absolute atomic E-state index is 0.0526. The Bertz CT molecular complexity index is 1320. The Kier molecular flexibility index (Phi) is 4.93. The van der Waals surface area contributed by atoms with Crippen molar-refractivity contribution in [2.75, 3.05) is 13.2 Å². The molecule has 10 heteroatoms. The predicted molar refractivity (Wildman–Crippen MR) is 118 cm³/mol. The second-order valence-corrected chi connectivity index (χ2v) is 8.98. The van der Waals surface area contributed by atoms with E-state index in [0.29, 0.717) is 18.9 Å². The minimum Gasteiger partial charge on any atom is -0.381 e. The van der Waals surface area contributed by atoms with Gasteiger partial charge in [0.15, 0.2) is 0 Å². The minimum atomic E-state index is -3.09. The van der Waals surface area contributed by atoms with E-state index in [1.165, 1.54) is 33.5 Å². The van der Waals surface area contributed by atoms with Crippen molar-refractivity contribution in [3.63, 3.8) is 0 Å². The number of fused-ring (bicyclic) bond motifs is 1. The topological polar surface area (TPSA) is 66.3 Å². The molecule has 4 heterocycles. The molecule has 0 aliphatic carbocycles. The van der Waals surface area contributed by atoms with Gasteiger partial charge < -0.3 is 9.30 Å². The van der Waals surface area contributed by atoms with Crippen LogP contribution in [0, 0.1) is 5.92 Å². The normalized spacial score (nSPS) is 15.9. The number of imidazole rings is 1. The smallest absolute Gasteiger partial charge is 0.337 e. The molecule has 1 fully saturated rings. The average Bonchev–Trinajstić information content (AvgIpc) is 3.27. The standard InChI is InChI=1S/C21H18F2IN5O2/c1-27-12-25-26-19(27)18(14-10-31-11-14)13-4-2-5-15(8-13)29-9-17-16(21(22,23)24)6-3-7-28(17)20(29)30/h2-9,12,14,18H,10-11H2,1H3. The van der Waals surface area contributed by atoms with Crippen molar-refractivity contribution in [1.29, 1.82) is 0 Å². The van der Waals surface area contributed by atoms with E-state index >= 15 is 0 Å². The Hall–Kier alpha value is -2.60. The van der Waals surface area contributed by atoms with Crippen molar-refractivity contribution in [2.24, 2.45) is 13.0 Å². The maximum Gasteiger partial charge on any atom is 0.337 e. The molecule has 0 amide bonds. The molecule has 0 radical (unpaired) electrons. The van der Waals surface area contributed by atoms with Gasteiger partial charge in [-0.15, -0.1) is 10.2 Å². The van der Waals surface area contributed by atoms with E-state index in [0.717, 1.165) is 34.0 Å². The first-order valence-electron chi connectivity index (χ1n) is 9.66. The summed E-state index contributed by atoms with van der Waals surface area (Å²) in [5, 5.41) is 8.30. The molecule has 7 nitrogen and oxygen atoms in total. The highest BCUT2D eigenvalue weighted by molar-refractivity contribution is 14.1. The molecule has 0 N–H and O–H groups in total. The van der Waals surface area contributed by atoms with Crippen LogP contribution in [0.15, 0.2) is 59.9 Å². The summed E-state index contributed by atoms with van der Waals surface area (Å²) < 4.78 is 35.0. The number of alkyl halides is 3. The van der Waals surface area contributed by atoms with Crippen molar-refractivity contribution in [2.45, 2.75) is 9.85 Å². The van der Waals surface area contributed by atoms with Crippen LogP contribution in [0.2, 0.25) is 0 Å². The molecule has 0 bridgehead atoms. The zero-order valence-corrected chi connectivity index (χ0v) is 18.6. The number of hydrogen-bond donors (Lipinski definition) is 0. The zero-order chi connectivity index (χ0) is 21.8. The van der Waals surface area contributed by atoms with Crippen LogP contribution in [-0.4, -0.2) is 36.9 Å². The third-order valence-corrected chi connectivity index (χ3v) is 6.25. The molecule has 3 aromatic heterocycles. The van der Waals surface area contributed by atoms with E-state index in [9.17, 15) is 13.6 Å². The average molecular weight is 537 g/mol.